The molecule has 0 bridgehead atoms. The summed E-state index contributed by atoms with van der Waals surface area (Å²) in [4.78, 5) is 39.7. The molecule has 0 aliphatic carbocycles. The van der Waals surface area contributed by atoms with Gasteiger partial charge in [0.25, 0.3) is 11.8 Å². The largest absolute Gasteiger partial charge is 0.548 e. The first-order valence-corrected chi connectivity index (χ1v) is 8.98. The number of thioether (sulfide) groups is 1. The molecule has 2 heterocycles. The Morgan fingerprint density at radius 2 is 1.96 bits per heavy atom. The molecular formula is C17H15N2O4S2-. The first-order valence-electron chi connectivity index (χ1n) is 7.76. The van der Waals surface area contributed by atoms with Gasteiger partial charge in [0.15, 0.2) is 0 Å². The van der Waals surface area contributed by atoms with Crippen LogP contribution in [-0.4, -0.2) is 40.1 Å². The monoisotopic (exact) mass is 375 g/mol. The summed E-state index contributed by atoms with van der Waals surface area (Å²) in [7, 11) is 1.63. The fraction of sp³-hybridized carbons (Fsp3) is 0.294. The van der Waals surface area contributed by atoms with Crippen LogP contribution in [0.25, 0.3) is 5.57 Å². The number of benzene rings is 1. The third kappa shape index (κ3) is 2.75. The number of hydrogen-bond acceptors (Lipinski definition) is 6. The molecular weight excluding hydrogens is 360 g/mol. The fourth-order valence-corrected chi connectivity index (χ4v) is 4.44. The number of hydrogen-bond donors (Lipinski definition) is 0. The van der Waals surface area contributed by atoms with Crippen molar-refractivity contribution in [3.8, 4) is 0 Å². The fourth-order valence-electron chi connectivity index (χ4n) is 3.01. The number of carbonyl (C=O) groups is 3. The Balaban J connectivity index is 2.09. The maximum atomic E-state index is 12.9. The molecule has 0 unspecified atom stereocenters. The summed E-state index contributed by atoms with van der Waals surface area (Å²) in [6.45, 7) is 1.82. The maximum absolute atomic E-state index is 12.9. The van der Waals surface area contributed by atoms with Crippen molar-refractivity contribution in [2.75, 3.05) is 11.9 Å². The average Bonchev–Trinajstić information content (AvgIpc) is 3.00. The normalized spacial score (nSPS) is 21.1. The highest BCUT2D eigenvalue weighted by Gasteiger charge is 2.43. The number of carbonyl (C=O) groups excluding carboxylic acids is 3. The molecule has 2 aliphatic rings. The minimum Gasteiger partial charge on any atom is -0.548 e. The van der Waals surface area contributed by atoms with E-state index in [1.807, 2.05) is 13.0 Å². The molecule has 0 spiro atoms. The smallest absolute Gasteiger partial charge is 0.267 e. The third-order valence-corrected chi connectivity index (χ3v) is 5.63. The van der Waals surface area contributed by atoms with Crippen LogP contribution in [0.2, 0.25) is 0 Å². The summed E-state index contributed by atoms with van der Waals surface area (Å²) in [5, 5.41) is 11.4. The number of anilines is 1. The number of carboxylic acids is 1. The first kappa shape index (κ1) is 17.6. The second-order valence-corrected chi connectivity index (χ2v) is 7.40. The van der Waals surface area contributed by atoms with E-state index in [0.717, 1.165) is 16.7 Å². The molecule has 1 aromatic rings. The van der Waals surface area contributed by atoms with Crippen LogP contribution in [0.4, 0.5) is 5.69 Å². The van der Waals surface area contributed by atoms with E-state index < -0.39 is 17.9 Å². The Kier molecular flexibility index (Phi) is 4.66. The minimum absolute atomic E-state index is 0.134. The van der Waals surface area contributed by atoms with Gasteiger partial charge in [0.1, 0.15) is 4.32 Å². The lowest BCUT2D eigenvalue weighted by atomic mass is 10.1. The van der Waals surface area contributed by atoms with Gasteiger partial charge in [-0.2, -0.15) is 0 Å². The Labute approximate surface area is 154 Å². The van der Waals surface area contributed by atoms with Crippen molar-refractivity contribution in [2.45, 2.75) is 25.8 Å². The van der Waals surface area contributed by atoms with Gasteiger partial charge in [-0.25, -0.2) is 0 Å². The molecule has 25 heavy (non-hydrogen) atoms. The van der Waals surface area contributed by atoms with E-state index in [4.69, 9.17) is 12.2 Å². The maximum Gasteiger partial charge on any atom is 0.267 e. The summed E-state index contributed by atoms with van der Waals surface area (Å²) in [5.74, 6) is -2.20. The summed E-state index contributed by atoms with van der Waals surface area (Å²) in [6, 6.07) is 6.03. The Hall–Kier alpha value is -2.19. The van der Waals surface area contributed by atoms with E-state index in [2.05, 4.69) is 0 Å². The average molecular weight is 375 g/mol. The zero-order chi connectivity index (χ0) is 18.3. The predicted molar refractivity (Wildman–Crippen MR) is 97.5 cm³/mol. The molecule has 1 fully saturated rings. The molecule has 0 radical (unpaired) electrons. The SMILES string of the molecule is CCC[C@@H](C(=O)[O-])N1C(=O)/C(=C2/C(=O)N(C)c3ccccc32)SC1=S. The molecule has 1 aromatic carbocycles. The molecule has 1 atom stereocenters. The number of likely N-dealkylation sites (N-methyl/N-ethyl adjacent to an activating group) is 1. The zero-order valence-electron chi connectivity index (χ0n) is 13.6. The van der Waals surface area contributed by atoms with Crippen LogP contribution in [-0.2, 0) is 14.4 Å². The highest BCUT2D eigenvalue weighted by molar-refractivity contribution is 8.26. The molecule has 0 aromatic heterocycles. The Morgan fingerprint density at radius 1 is 1.28 bits per heavy atom. The van der Waals surface area contributed by atoms with E-state index in [0.29, 0.717) is 17.7 Å². The minimum atomic E-state index is -1.35. The van der Waals surface area contributed by atoms with Crippen LogP contribution in [0.3, 0.4) is 0 Å². The standard InChI is InChI=1S/C17H16N2O4S2/c1-3-6-11(16(22)23)19-15(21)13(25-17(19)24)12-9-7-4-5-8-10(9)18(2)14(12)20/h4-5,7-8,11H,3,6H2,1-2H3,(H,22,23)/p-1/b13-12-/t11-/m0/s1. The van der Waals surface area contributed by atoms with E-state index in [-0.39, 0.29) is 27.1 Å². The summed E-state index contributed by atoms with van der Waals surface area (Å²) < 4.78 is 0.134. The van der Waals surface area contributed by atoms with Gasteiger partial charge in [-0.1, -0.05) is 55.5 Å². The van der Waals surface area contributed by atoms with Crippen LogP contribution in [0.1, 0.15) is 25.3 Å². The predicted octanol–water partition coefficient (Wildman–Crippen LogP) is 1.15. The number of carboxylic acid groups (broad SMARTS) is 1. The van der Waals surface area contributed by atoms with Crippen molar-refractivity contribution < 1.29 is 19.5 Å². The number of rotatable bonds is 4. The van der Waals surface area contributed by atoms with Crippen LogP contribution < -0.4 is 10.0 Å². The molecule has 2 amide bonds. The number of aliphatic carboxylic acids is 1. The first-order chi connectivity index (χ1) is 11.9. The molecule has 3 rings (SSSR count). The second-order valence-electron chi connectivity index (χ2n) is 5.75. The molecule has 0 saturated carbocycles. The van der Waals surface area contributed by atoms with Crippen LogP contribution in [0.15, 0.2) is 29.2 Å². The van der Waals surface area contributed by atoms with Gasteiger partial charge in [-0.15, -0.1) is 0 Å². The van der Waals surface area contributed by atoms with Crippen LogP contribution in [0.5, 0.6) is 0 Å². The molecule has 6 nitrogen and oxygen atoms in total. The lowest BCUT2D eigenvalue weighted by molar-refractivity contribution is -0.310. The van der Waals surface area contributed by atoms with E-state index >= 15 is 0 Å². The van der Waals surface area contributed by atoms with Crippen molar-refractivity contribution >= 4 is 57.3 Å². The van der Waals surface area contributed by atoms with E-state index in [1.165, 1.54) is 4.90 Å². The lowest BCUT2D eigenvalue weighted by Gasteiger charge is -2.27. The molecule has 1 saturated heterocycles. The molecule has 0 N–H and O–H groups in total. The molecule has 8 heteroatoms. The van der Waals surface area contributed by atoms with Gasteiger partial charge < -0.3 is 14.8 Å². The summed E-state index contributed by atoms with van der Waals surface area (Å²) in [6.07, 6.45) is 0.800. The van der Waals surface area contributed by atoms with Crippen molar-refractivity contribution in [3.05, 3.63) is 34.7 Å². The number of thiocarbonyl (C=S) groups is 1. The lowest BCUT2D eigenvalue weighted by Crippen LogP contribution is -2.49. The van der Waals surface area contributed by atoms with Gasteiger partial charge in [0, 0.05) is 12.6 Å². The topological polar surface area (TPSA) is 80.7 Å². The van der Waals surface area contributed by atoms with Crippen molar-refractivity contribution in [3.63, 3.8) is 0 Å². The Bertz CT molecular complexity index is 834. The van der Waals surface area contributed by atoms with Crippen LogP contribution in [0, 0.1) is 0 Å². The third-order valence-electron chi connectivity index (χ3n) is 4.23. The number of amides is 2. The number of para-hydroxylation sites is 1. The van der Waals surface area contributed by atoms with Crippen molar-refractivity contribution in [1.29, 1.82) is 0 Å². The summed E-state index contributed by atoms with van der Waals surface area (Å²) in [5.41, 5.74) is 1.63. The van der Waals surface area contributed by atoms with Gasteiger partial charge in [-0.05, 0) is 12.5 Å². The highest BCUT2D eigenvalue weighted by atomic mass is 32.2. The highest BCUT2D eigenvalue weighted by Crippen LogP contribution is 2.44. The number of fused-ring (bicyclic) bond motifs is 1. The zero-order valence-corrected chi connectivity index (χ0v) is 15.3. The number of nitrogens with zero attached hydrogens (tertiary/aromatic N) is 2. The quantitative estimate of drug-likeness (QED) is 0.580. The van der Waals surface area contributed by atoms with E-state index in [1.54, 1.807) is 25.2 Å². The van der Waals surface area contributed by atoms with Gasteiger partial charge in [-0.3, -0.25) is 14.5 Å². The van der Waals surface area contributed by atoms with E-state index in [9.17, 15) is 19.5 Å². The molecule has 2 aliphatic heterocycles. The van der Waals surface area contributed by atoms with Crippen molar-refractivity contribution in [2.24, 2.45) is 0 Å². The van der Waals surface area contributed by atoms with Gasteiger partial charge in [0.05, 0.1) is 28.2 Å². The Morgan fingerprint density at radius 3 is 2.60 bits per heavy atom. The van der Waals surface area contributed by atoms with Crippen LogP contribution >= 0.6 is 24.0 Å². The van der Waals surface area contributed by atoms with Gasteiger partial charge >= 0.3 is 0 Å². The second kappa shape index (κ2) is 6.61. The summed E-state index contributed by atoms with van der Waals surface area (Å²) >= 11 is 6.19. The van der Waals surface area contributed by atoms with Crippen molar-refractivity contribution in [1.82, 2.24) is 4.90 Å². The van der Waals surface area contributed by atoms with Gasteiger partial charge in [0.2, 0.25) is 0 Å². The molecule has 130 valence electrons.